The Morgan fingerprint density at radius 1 is 1.43 bits per heavy atom. The van der Waals surface area contributed by atoms with Crippen LogP contribution in [-0.4, -0.2) is 42.3 Å². The summed E-state index contributed by atoms with van der Waals surface area (Å²) in [6, 6.07) is 0.999. The van der Waals surface area contributed by atoms with Crippen molar-refractivity contribution < 1.29 is 33.8 Å². The number of aromatic nitrogens is 2. The molecule has 2 heterocycles. The lowest BCUT2D eigenvalue weighted by Crippen LogP contribution is -2.35. The topological polar surface area (TPSA) is 171 Å². The van der Waals surface area contributed by atoms with E-state index in [1.54, 1.807) is 0 Å². The van der Waals surface area contributed by atoms with Crippen LogP contribution in [0.1, 0.15) is 6.23 Å². The first-order chi connectivity index (χ1) is 9.69. The Morgan fingerprint density at radius 2 is 2.10 bits per heavy atom. The maximum Gasteiger partial charge on any atom is 0.470 e. The average molecular weight is 322 g/mol. The predicted molar refractivity (Wildman–Crippen MR) is 65.1 cm³/mol. The number of nitrogens with one attached hydrogen (secondary N) is 1. The molecule has 0 aromatic carbocycles. The van der Waals surface area contributed by atoms with Gasteiger partial charge >= 0.3 is 13.5 Å². The molecule has 1 aliphatic heterocycles. The van der Waals surface area contributed by atoms with Crippen molar-refractivity contribution in [3.8, 4) is 0 Å². The zero-order chi connectivity index (χ0) is 15.8. The molecule has 0 spiro atoms. The Labute approximate surface area is 115 Å². The van der Waals surface area contributed by atoms with Crippen molar-refractivity contribution in [1.29, 1.82) is 0 Å². The highest BCUT2D eigenvalue weighted by Crippen LogP contribution is 2.38. The number of nitrogens with zero attached hydrogens (tertiary/aromatic N) is 1. The zero-order valence-corrected chi connectivity index (χ0v) is 11.1. The average Bonchev–Trinajstić information content (AvgIpc) is 2.64. The van der Waals surface area contributed by atoms with Crippen molar-refractivity contribution in [2.24, 2.45) is 0 Å². The Balaban J connectivity index is 2.22. The van der Waals surface area contributed by atoms with E-state index in [0.29, 0.717) is 0 Å². The van der Waals surface area contributed by atoms with Gasteiger partial charge in [0.1, 0.15) is 6.61 Å². The molecule has 2 atom stereocenters. The van der Waals surface area contributed by atoms with Crippen molar-refractivity contribution in [3.63, 3.8) is 0 Å². The third-order valence-electron chi connectivity index (χ3n) is 2.59. The lowest BCUT2D eigenvalue weighted by molar-refractivity contribution is -0.0171. The minimum Gasteiger partial charge on any atom is -0.506 e. The van der Waals surface area contributed by atoms with Crippen LogP contribution in [0.25, 0.3) is 0 Å². The Hall–Kier alpha value is -1.91. The monoisotopic (exact) mass is 322 g/mol. The number of aliphatic hydroxyl groups excluding tert-OH is 2. The summed E-state index contributed by atoms with van der Waals surface area (Å²) in [6.45, 7) is -0.804. The summed E-state index contributed by atoms with van der Waals surface area (Å²) in [5.74, 6) is -1.17. The summed E-state index contributed by atoms with van der Waals surface area (Å²) < 4.78 is 20.5. The fourth-order valence-electron chi connectivity index (χ4n) is 1.66. The van der Waals surface area contributed by atoms with Gasteiger partial charge in [0, 0.05) is 12.3 Å². The number of ether oxygens (including phenoxy) is 1. The predicted octanol–water partition coefficient (Wildman–Crippen LogP) is -1.69. The second-order valence-corrected chi connectivity index (χ2v) is 5.28. The van der Waals surface area contributed by atoms with Gasteiger partial charge in [0.05, 0.1) is 0 Å². The van der Waals surface area contributed by atoms with Crippen molar-refractivity contribution in [1.82, 2.24) is 9.55 Å². The molecule has 5 N–H and O–H groups in total. The summed E-state index contributed by atoms with van der Waals surface area (Å²) >= 11 is 0. The highest BCUT2D eigenvalue weighted by molar-refractivity contribution is 7.46. The van der Waals surface area contributed by atoms with Crippen molar-refractivity contribution in [2.45, 2.75) is 12.3 Å². The molecular formula is C9H11N2O9P. The van der Waals surface area contributed by atoms with Crippen LogP contribution in [0.2, 0.25) is 0 Å². The molecule has 11 nitrogen and oxygen atoms in total. The molecule has 0 amide bonds. The summed E-state index contributed by atoms with van der Waals surface area (Å²) in [4.78, 5) is 41.6. The van der Waals surface area contributed by atoms with Crippen LogP contribution in [0.4, 0.5) is 0 Å². The van der Waals surface area contributed by atoms with Gasteiger partial charge in [-0.1, -0.05) is 0 Å². The zero-order valence-electron chi connectivity index (χ0n) is 10.2. The molecule has 0 saturated heterocycles. The van der Waals surface area contributed by atoms with E-state index in [1.165, 1.54) is 0 Å². The van der Waals surface area contributed by atoms with E-state index in [1.807, 2.05) is 4.98 Å². The molecular weight excluding hydrogens is 311 g/mol. The quantitative estimate of drug-likeness (QED) is 0.405. The van der Waals surface area contributed by atoms with E-state index >= 15 is 0 Å². The standard InChI is InChI=1S/C9H11N2O9P/c12-5-1-2-11(9(15)10-5)8-7(14)6(13)4(20-8)3-19-21(16,17)18/h1-2,7-8,13-14H,3H2,(H,10,12,15)(H2,16,17,18)/t7?,8-/m1/s1. The van der Waals surface area contributed by atoms with Crippen LogP contribution >= 0.6 is 7.82 Å². The summed E-state index contributed by atoms with van der Waals surface area (Å²) in [5, 5.41) is 19.4. The highest BCUT2D eigenvalue weighted by Gasteiger charge is 2.38. The summed E-state index contributed by atoms with van der Waals surface area (Å²) in [5.41, 5.74) is -1.55. The van der Waals surface area contributed by atoms with E-state index < -0.39 is 49.5 Å². The lowest BCUT2D eigenvalue weighted by Gasteiger charge is -2.17. The molecule has 21 heavy (non-hydrogen) atoms. The van der Waals surface area contributed by atoms with Gasteiger partial charge in [-0.15, -0.1) is 0 Å². The number of phosphoric ester groups is 1. The minimum atomic E-state index is -4.80. The molecule has 0 aliphatic carbocycles. The third-order valence-corrected chi connectivity index (χ3v) is 3.05. The van der Waals surface area contributed by atoms with Crippen LogP contribution in [0, 0.1) is 0 Å². The van der Waals surface area contributed by atoms with Gasteiger partial charge in [-0.05, 0) is 0 Å². The highest BCUT2D eigenvalue weighted by atomic mass is 31.2. The molecule has 1 unspecified atom stereocenters. The molecule has 1 aliphatic rings. The molecule has 0 saturated carbocycles. The first-order valence-electron chi connectivity index (χ1n) is 5.47. The van der Waals surface area contributed by atoms with Gasteiger partial charge in [0.25, 0.3) is 5.56 Å². The van der Waals surface area contributed by atoms with Gasteiger partial charge in [-0.2, -0.15) is 0 Å². The third kappa shape index (κ3) is 3.40. The number of aliphatic hydroxyl groups is 2. The van der Waals surface area contributed by atoms with Gasteiger partial charge < -0.3 is 24.7 Å². The van der Waals surface area contributed by atoms with Crippen LogP contribution in [-0.2, 0) is 13.8 Å². The normalized spacial score (nSPS) is 22.4. The molecule has 1 aromatic heterocycles. The smallest absolute Gasteiger partial charge is 0.470 e. The van der Waals surface area contributed by atoms with Crippen LogP contribution in [0.3, 0.4) is 0 Å². The Kier molecular flexibility index (Phi) is 4.03. The Bertz CT molecular complexity index is 729. The van der Waals surface area contributed by atoms with Crippen molar-refractivity contribution >= 4 is 7.82 Å². The molecule has 2 rings (SSSR count). The fraction of sp³-hybridized carbons (Fsp3) is 0.333. The van der Waals surface area contributed by atoms with Crippen LogP contribution < -0.4 is 11.2 Å². The van der Waals surface area contributed by atoms with E-state index in [9.17, 15) is 24.4 Å². The second kappa shape index (κ2) is 5.47. The fourth-order valence-corrected chi connectivity index (χ4v) is 1.94. The van der Waals surface area contributed by atoms with Crippen LogP contribution in [0.15, 0.2) is 33.4 Å². The van der Waals surface area contributed by atoms with Gasteiger partial charge in [-0.25, -0.2) is 9.36 Å². The van der Waals surface area contributed by atoms with Gasteiger partial charge in [-0.3, -0.25) is 18.9 Å². The maximum absolute atomic E-state index is 11.6. The number of aromatic amines is 1. The van der Waals surface area contributed by atoms with E-state index in [-0.39, 0.29) is 0 Å². The number of hydrogen-bond donors (Lipinski definition) is 5. The molecule has 1 aromatic rings. The number of phosphoric acid groups is 1. The van der Waals surface area contributed by atoms with Crippen molar-refractivity contribution in [3.05, 3.63) is 44.6 Å². The van der Waals surface area contributed by atoms with Gasteiger partial charge in [0.2, 0.25) is 6.23 Å². The first-order valence-corrected chi connectivity index (χ1v) is 7.00. The number of H-pyrrole nitrogens is 1. The molecule has 0 radical (unpaired) electrons. The SMILES string of the molecule is O=c1ccn([C@@H]2OC(COP(=O)(O)O)=C(O)C2O)c(=O)[nH]1. The number of rotatable bonds is 4. The van der Waals surface area contributed by atoms with E-state index in [0.717, 1.165) is 16.8 Å². The molecule has 12 heteroatoms. The van der Waals surface area contributed by atoms with E-state index in [2.05, 4.69) is 4.52 Å². The summed E-state index contributed by atoms with van der Waals surface area (Å²) in [7, 11) is -4.80. The first kappa shape index (κ1) is 15.5. The van der Waals surface area contributed by atoms with E-state index in [4.69, 9.17) is 14.5 Å². The van der Waals surface area contributed by atoms with Crippen molar-refractivity contribution in [2.75, 3.05) is 6.61 Å². The Morgan fingerprint density at radius 3 is 2.67 bits per heavy atom. The second-order valence-electron chi connectivity index (χ2n) is 4.04. The van der Waals surface area contributed by atoms with Gasteiger partial charge in [0.15, 0.2) is 17.6 Å². The molecule has 0 fully saturated rings. The summed E-state index contributed by atoms with van der Waals surface area (Å²) in [6.07, 6.45) is -2.02. The molecule has 0 bridgehead atoms. The minimum absolute atomic E-state index is 0.436. The lowest BCUT2D eigenvalue weighted by atomic mass is 10.2. The largest absolute Gasteiger partial charge is 0.506 e. The maximum atomic E-state index is 11.6. The molecule has 116 valence electrons. The van der Waals surface area contributed by atoms with Crippen LogP contribution in [0.5, 0.6) is 0 Å². The number of hydrogen-bond acceptors (Lipinski definition) is 7.